The topological polar surface area (TPSA) is 0 Å². The fourth-order valence-corrected chi connectivity index (χ4v) is 5.52. The molecule has 0 aromatic heterocycles. The fourth-order valence-electron chi connectivity index (χ4n) is 1.75. The standard InChI is InChI=1S/C15H24S2/c1-6-7-8-9-12(2)14-16-10-13(11-17-14)15(3,4)5/h1,9,13-14H,7-8,10-11H2,2-5H3/b12-9-. The summed E-state index contributed by atoms with van der Waals surface area (Å²) >= 11 is 4.21. The SMILES string of the molecule is C#CCC/C=C(/C)C1SCC(C(C)(C)C)CS1. The van der Waals surface area contributed by atoms with Crippen LogP contribution in [0, 0.1) is 23.7 Å². The first-order chi connectivity index (χ1) is 7.95. The number of unbranched alkanes of at least 4 members (excludes halogenated alkanes) is 1. The Kier molecular flexibility index (Phi) is 6.03. The van der Waals surface area contributed by atoms with Gasteiger partial charge >= 0.3 is 0 Å². The van der Waals surface area contributed by atoms with Crippen molar-refractivity contribution in [1.29, 1.82) is 0 Å². The van der Waals surface area contributed by atoms with Crippen molar-refractivity contribution in [3.63, 3.8) is 0 Å². The molecular formula is C15H24S2. The van der Waals surface area contributed by atoms with Crippen molar-refractivity contribution in [3.05, 3.63) is 11.6 Å². The molecule has 0 radical (unpaired) electrons. The quantitative estimate of drug-likeness (QED) is 0.409. The summed E-state index contributed by atoms with van der Waals surface area (Å²) < 4.78 is 0.659. The van der Waals surface area contributed by atoms with E-state index in [1.54, 1.807) is 0 Å². The van der Waals surface area contributed by atoms with E-state index < -0.39 is 0 Å². The summed E-state index contributed by atoms with van der Waals surface area (Å²) in [5, 5.41) is 0. The van der Waals surface area contributed by atoms with Gasteiger partial charge in [-0.2, -0.15) is 0 Å². The summed E-state index contributed by atoms with van der Waals surface area (Å²) in [6, 6.07) is 0. The molecule has 1 heterocycles. The minimum atomic E-state index is 0.450. The maximum Gasteiger partial charge on any atom is 0.0708 e. The first-order valence-corrected chi connectivity index (χ1v) is 8.38. The number of rotatable bonds is 3. The second-order valence-electron chi connectivity index (χ2n) is 5.75. The Hall–Kier alpha value is -0.000000000000000111. The highest BCUT2D eigenvalue weighted by Gasteiger charge is 2.30. The summed E-state index contributed by atoms with van der Waals surface area (Å²) in [6.07, 6.45) is 9.49. The molecule has 0 spiro atoms. The summed E-state index contributed by atoms with van der Waals surface area (Å²) in [5.74, 6) is 6.12. The van der Waals surface area contributed by atoms with Gasteiger partial charge in [0.1, 0.15) is 0 Å². The third-order valence-corrected chi connectivity index (χ3v) is 6.60. The average Bonchev–Trinajstić information content (AvgIpc) is 2.28. The monoisotopic (exact) mass is 268 g/mol. The van der Waals surface area contributed by atoms with E-state index in [2.05, 4.69) is 63.2 Å². The maximum atomic E-state index is 5.27. The molecule has 1 aliphatic heterocycles. The Bertz CT molecular complexity index is 296. The van der Waals surface area contributed by atoms with Gasteiger partial charge in [-0.15, -0.1) is 35.9 Å². The Morgan fingerprint density at radius 1 is 1.35 bits per heavy atom. The second-order valence-corrected chi connectivity index (χ2v) is 8.33. The van der Waals surface area contributed by atoms with Crippen LogP contribution in [0.25, 0.3) is 0 Å². The molecule has 0 saturated carbocycles. The molecule has 1 aliphatic rings. The van der Waals surface area contributed by atoms with Gasteiger partial charge in [0.2, 0.25) is 0 Å². The normalized spacial score (nSPS) is 26.6. The average molecular weight is 268 g/mol. The third kappa shape index (κ3) is 5.02. The minimum Gasteiger partial charge on any atom is -0.143 e. The van der Waals surface area contributed by atoms with Gasteiger partial charge in [-0.05, 0) is 36.2 Å². The molecule has 1 rings (SSSR count). The van der Waals surface area contributed by atoms with Crippen LogP contribution in [0.5, 0.6) is 0 Å². The molecule has 0 aliphatic carbocycles. The van der Waals surface area contributed by atoms with Gasteiger partial charge in [-0.3, -0.25) is 0 Å². The Morgan fingerprint density at radius 3 is 2.41 bits per heavy atom. The van der Waals surface area contributed by atoms with E-state index in [0.29, 0.717) is 10.00 Å². The van der Waals surface area contributed by atoms with E-state index in [1.807, 2.05) is 0 Å². The van der Waals surface area contributed by atoms with E-state index in [4.69, 9.17) is 6.42 Å². The maximum absolute atomic E-state index is 5.27. The van der Waals surface area contributed by atoms with E-state index in [-0.39, 0.29) is 0 Å². The summed E-state index contributed by atoms with van der Waals surface area (Å²) in [6.45, 7) is 9.32. The van der Waals surface area contributed by atoms with E-state index >= 15 is 0 Å². The fraction of sp³-hybridized carbons (Fsp3) is 0.733. The van der Waals surface area contributed by atoms with Gasteiger partial charge in [0.25, 0.3) is 0 Å². The molecular weight excluding hydrogens is 244 g/mol. The van der Waals surface area contributed by atoms with Crippen LogP contribution in [-0.4, -0.2) is 16.1 Å². The number of thioether (sulfide) groups is 2. The zero-order valence-electron chi connectivity index (χ0n) is 11.5. The highest BCUT2D eigenvalue weighted by molar-refractivity contribution is 8.17. The zero-order chi connectivity index (χ0) is 12.9. The Balaban J connectivity index is 2.42. The van der Waals surface area contributed by atoms with Crippen molar-refractivity contribution < 1.29 is 0 Å². The lowest BCUT2D eigenvalue weighted by Crippen LogP contribution is -2.29. The molecule has 0 nitrogen and oxygen atoms in total. The predicted molar refractivity (Wildman–Crippen MR) is 83.5 cm³/mol. The van der Waals surface area contributed by atoms with Crippen LogP contribution in [0.3, 0.4) is 0 Å². The Labute approximate surface area is 115 Å². The molecule has 0 N–H and O–H groups in total. The molecule has 0 aromatic rings. The van der Waals surface area contributed by atoms with E-state index in [9.17, 15) is 0 Å². The van der Waals surface area contributed by atoms with Gasteiger partial charge in [-0.1, -0.05) is 32.4 Å². The van der Waals surface area contributed by atoms with Crippen LogP contribution >= 0.6 is 23.5 Å². The highest BCUT2D eigenvalue weighted by atomic mass is 32.2. The predicted octanol–water partition coefficient (Wildman–Crippen LogP) is 4.81. The van der Waals surface area contributed by atoms with Gasteiger partial charge < -0.3 is 0 Å². The van der Waals surface area contributed by atoms with Gasteiger partial charge in [-0.25, -0.2) is 0 Å². The first-order valence-electron chi connectivity index (χ1n) is 6.28. The van der Waals surface area contributed by atoms with Crippen molar-refractivity contribution >= 4 is 23.5 Å². The Morgan fingerprint density at radius 2 is 1.94 bits per heavy atom. The first kappa shape index (κ1) is 15.1. The number of hydrogen-bond donors (Lipinski definition) is 0. The molecule has 0 aromatic carbocycles. The van der Waals surface area contributed by atoms with Gasteiger partial charge in [0.05, 0.1) is 4.58 Å². The summed E-state index contributed by atoms with van der Waals surface area (Å²) in [4.78, 5) is 0. The lowest BCUT2D eigenvalue weighted by atomic mass is 9.83. The van der Waals surface area contributed by atoms with Gasteiger partial charge in [0.15, 0.2) is 0 Å². The minimum absolute atomic E-state index is 0.450. The summed E-state index contributed by atoms with van der Waals surface area (Å²) in [7, 11) is 0. The van der Waals surface area contributed by atoms with Gasteiger partial charge in [0, 0.05) is 6.42 Å². The van der Waals surface area contributed by atoms with Crippen molar-refractivity contribution in [2.75, 3.05) is 11.5 Å². The lowest BCUT2D eigenvalue weighted by Gasteiger charge is -2.36. The van der Waals surface area contributed by atoms with Crippen LogP contribution in [0.4, 0.5) is 0 Å². The second kappa shape index (κ2) is 6.81. The van der Waals surface area contributed by atoms with Crippen molar-refractivity contribution in [1.82, 2.24) is 0 Å². The third-order valence-electron chi connectivity index (χ3n) is 3.25. The number of terminal acetylenes is 1. The number of allylic oxidation sites excluding steroid dienone is 1. The van der Waals surface area contributed by atoms with Crippen LogP contribution in [0.1, 0.15) is 40.5 Å². The van der Waals surface area contributed by atoms with Crippen LogP contribution in [-0.2, 0) is 0 Å². The molecule has 1 fully saturated rings. The van der Waals surface area contributed by atoms with E-state index in [0.717, 1.165) is 18.8 Å². The summed E-state index contributed by atoms with van der Waals surface area (Å²) in [5.41, 5.74) is 1.95. The van der Waals surface area contributed by atoms with Crippen molar-refractivity contribution in [2.45, 2.75) is 45.1 Å². The smallest absolute Gasteiger partial charge is 0.0708 e. The lowest BCUT2D eigenvalue weighted by molar-refractivity contribution is 0.293. The van der Waals surface area contributed by atoms with Crippen molar-refractivity contribution in [3.8, 4) is 12.3 Å². The molecule has 0 amide bonds. The van der Waals surface area contributed by atoms with E-state index in [1.165, 1.54) is 17.1 Å². The molecule has 2 heteroatoms. The molecule has 0 bridgehead atoms. The molecule has 96 valence electrons. The molecule has 0 unspecified atom stereocenters. The molecule has 1 saturated heterocycles. The van der Waals surface area contributed by atoms with Crippen LogP contribution in [0.15, 0.2) is 11.6 Å². The molecule has 0 atom stereocenters. The van der Waals surface area contributed by atoms with Crippen LogP contribution < -0.4 is 0 Å². The highest BCUT2D eigenvalue weighted by Crippen LogP contribution is 2.43. The molecule has 17 heavy (non-hydrogen) atoms. The van der Waals surface area contributed by atoms with Crippen molar-refractivity contribution in [2.24, 2.45) is 11.3 Å². The zero-order valence-corrected chi connectivity index (χ0v) is 13.1. The van der Waals surface area contributed by atoms with Crippen LogP contribution in [0.2, 0.25) is 0 Å². The number of hydrogen-bond acceptors (Lipinski definition) is 2. The largest absolute Gasteiger partial charge is 0.143 e.